The molecule has 3 N–H and O–H groups in total. The Labute approximate surface area is 192 Å². The Bertz CT molecular complexity index is 953. The molecule has 0 fully saturated rings. The standard InChI is InChI=1S/C23H32N4O6/c1-12(2)20(25-13(3)28)23(32)26-16-6-5-14-7-8-27-11-15(9-17(29)19(16)21(14)27)22(31)24-10-18(30)33-4/h7-8,12,15-16,19-20H,5-6,9-11H2,1-4H3,(H,24,31)(H,25,28)(H,26,32)/t15-,16-,19?,20?/m0/s1. The van der Waals surface area contributed by atoms with Gasteiger partial charge in [-0.1, -0.05) is 13.8 Å². The van der Waals surface area contributed by atoms with E-state index in [1.54, 1.807) is 0 Å². The maximum atomic E-state index is 13.4. The molecule has 1 aliphatic carbocycles. The Morgan fingerprint density at radius 2 is 1.97 bits per heavy atom. The summed E-state index contributed by atoms with van der Waals surface area (Å²) < 4.78 is 6.47. The van der Waals surface area contributed by atoms with Crippen molar-refractivity contribution >= 4 is 29.5 Å². The number of carbonyl (C=O) groups excluding carboxylic acids is 5. The lowest BCUT2D eigenvalue weighted by Crippen LogP contribution is -2.54. The van der Waals surface area contributed by atoms with Gasteiger partial charge in [0.25, 0.3) is 0 Å². The average molecular weight is 461 g/mol. The largest absolute Gasteiger partial charge is 0.468 e. The van der Waals surface area contributed by atoms with E-state index in [9.17, 15) is 24.0 Å². The topological polar surface area (TPSA) is 136 Å². The zero-order chi connectivity index (χ0) is 24.3. The first-order valence-electron chi connectivity index (χ1n) is 11.2. The van der Waals surface area contributed by atoms with Crippen LogP contribution in [0.5, 0.6) is 0 Å². The molecule has 1 aromatic heterocycles. The molecular formula is C23H32N4O6. The number of ketones is 1. The number of hydrogen-bond acceptors (Lipinski definition) is 6. The average Bonchev–Trinajstić information content (AvgIpc) is 3.09. The van der Waals surface area contributed by atoms with E-state index in [0.717, 1.165) is 11.3 Å². The van der Waals surface area contributed by atoms with Crippen LogP contribution in [0.3, 0.4) is 0 Å². The summed E-state index contributed by atoms with van der Waals surface area (Å²) in [7, 11) is 1.24. The minimum Gasteiger partial charge on any atom is -0.468 e. The Morgan fingerprint density at radius 3 is 2.61 bits per heavy atom. The monoisotopic (exact) mass is 460 g/mol. The molecule has 2 aliphatic rings. The van der Waals surface area contributed by atoms with Gasteiger partial charge in [-0.3, -0.25) is 24.0 Å². The molecule has 0 spiro atoms. The highest BCUT2D eigenvalue weighted by Gasteiger charge is 2.42. The van der Waals surface area contributed by atoms with Crippen LogP contribution in [0.25, 0.3) is 0 Å². The van der Waals surface area contributed by atoms with Gasteiger partial charge in [-0.25, -0.2) is 0 Å². The molecule has 1 aromatic rings. The van der Waals surface area contributed by atoms with Crippen molar-refractivity contribution in [2.75, 3.05) is 13.7 Å². The molecule has 10 nitrogen and oxygen atoms in total. The minimum atomic E-state index is -0.701. The molecule has 33 heavy (non-hydrogen) atoms. The fourth-order valence-corrected chi connectivity index (χ4v) is 4.73. The number of nitrogens with zero attached hydrogens (tertiary/aromatic N) is 1. The Hall–Kier alpha value is -3.17. The van der Waals surface area contributed by atoms with Gasteiger partial charge < -0.3 is 25.3 Å². The zero-order valence-electron chi connectivity index (χ0n) is 19.5. The number of methoxy groups -OCH3 is 1. The van der Waals surface area contributed by atoms with Gasteiger partial charge in [-0.15, -0.1) is 0 Å². The summed E-state index contributed by atoms with van der Waals surface area (Å²) in [6.07, 6.45) is 3.16. The third kappa shape index (κ3) is 5.43. The summed E-state index contributed by atoms with van der Waals surface area (Å²) in [4.78, 5) is 62.0. The lowest BCUT2D eigenvalue weighted by molar-refractivity contribution is -0.141. The number of aromatic nitrogens is 1. The molecule has 3 amide bonds. The van der Waals surface area contributed by atoms with Crippen molar-refractivity contribution in [1.82, 2.24) is 20.5 Å². The van der Waals surface area contributed by atoms with Crippen LogP contribution in [0.2, 0.25) is 0 Å². The molecule has 3 rings (SSSR count). The molecular weight excluding hydrogens is 428 g/mol. The maximum absolute atomic E-state index is 13.4. The zero-order valence-corrected chi connectivity index (χ0v) is 19.5. The maximum Gasteiger partial charge on any atom is 0.325 e. The van der Waals surface area contributed by atoms with Gasteiger partial charge in [-0.2, -0.15) is 0 Å². The molecule has 0 radical (unpaired) electrons. The van der Waals surface area contributed by atoms with Crippen molar-refractivity contribution in [3.63, 3.8) is 0 Å². The normalized spacial score (nSPS) is 22.6. The van der Waals surface area contributed by atoms with Gasteiger partial charge in [0, 0.05) is 37.8 Å². The van der Waals surface area contributed by atoms with Crippen molar-refractivity contribution in [2.24, 2.45) is 11.8 Å². The van der Waals surface area contributed by atoms with Crippen molar-refractivity contribution in [3.8, 4) is 0 Å². The fraction of sp³-hybridized carbons (Fsp3) is 0.609. The van der Waals surface area contributed by atoms with Gasteiger partial charge in [-0.05, 0) is 30.4 Å². The first-order valence-corrected chi connectivity index (χ1v) is 11.2. The number of nitrogens with one attached hydrogen (secondary N) is 3. The van der Waals surface area contributed by atoms with Crippen molar-refractivity contribution in [2.45, 2.75) is 64.6 Å². The number of Topliss-reactive ketones (excluding diaryl/α,β-unsaturated/α-hetero) is 1. The third-order valence-corrected chi connectivity index (χ3v) is 6.37. The van der Waals surface area contributed by atoms with Crippen molar-refractivity contribution < 1.29 is 28.7 Å². The third-order valence-electron chi connectivity index (χ3n) is 6.37. The van der Waals surface area contributed by atoms with Crippen LogP contribution in [0.15, 0.2) is 12.3 Å². The van der Waals surface area contributed by atoms with E-state index in [0.29, 0.717) is 19.4 Å². The predicted octanol–water partition coefficient (Wildman–Crippen LogP) is 0.0416. The summed E-state index contributed by atoms with van der Waals surface area (Å²) in [5.41, 5.74) is 1.87. The minimum absolute atomic E-state index is 0.00443. The number of amides is 3. The van der Waals surface area contributed by atoms with Gasteiger partial charge in [0.2, 0.25) is 17.7 Å². The smallest absolute Gasteiger partial charge is 0.325 e. The summed E-state index contributed by atoms with van der Waals surface area (Å²) in [6.45, 7) is 5.11. The second-order valence-electron chi connectivity index (χ2n) is 9.09. The molecule has 10 heteroatoms. The number of rotatable bonds is 7. The van der Waals surface area contributed by atoms with Crippen LogP contribution in [0.1, 0.15) is 50.8 Å². The highest BCUT2D eigenvalue weighted by atomic mass is 16.5. The van der Waals surface area contributed by atoms with Gasteiger partial charge in [0.05, 0.1) is 18.9 Å². The van der Waals surface area contributed by atoms with E-state index in [2.05, 4.69) is 20.7 Å². The molecule has 1 aliphatic heterocycles. The Kier molecular flexibility index (Phi) is 7.55. The van der Waals surface area contributed by atoms with Crippen molar-refractivity contribution in [1.29, 1.82) is 0 Å². The summed E-state index contributed by atoms with van der Waals surface area (Å²) in [5.74, 6) is -3.03. The summed E-state index contributed by atoms with van der Waals surface area (Å²) >= 11 is 0. The fourth-order valence-electron chi connectivity index (χ4n) is 4.73. The van der Waals surface area contributed by atoms with E-state index < -0.39 is 29.9 Å². The molecule has 180 valence electrons. The van der Waals surface area contributed by atoms with E-state index in [4.69, 9.17) is 0 Å². The van der Waals surface area contributed by atoms with Crippen LogP contribution in [-0.4, -0.2) is 59.8 Å². The highest BCUT2D eigenvalue weighted by molar-refractivity contribution is 5.94. The van der Waals surface area contributed by atoms with E-state index in [-0.39, 0.29) is 42.4 Å². The molecule has 4 atom stereocenters. The van der Waals surface area contributed by atoms with Crippen LogP contribution in [-0.2, 0) is 41.7 Å². The van der Waals surface area contributed by atoms with Crippen LogP contribution in [0.4, 0.5) is 0 Å². The first-order chi connectivity index (χ1) is 15.6. The first kappa shape index (κ1) is 24.5. The van der Waals surface area contributed by atoms with Crippen LogP contribution < -0.4 is 16.0 Å². The van der Waals surface area contributed by atoms with Crippen LogP contribution >= 0.6 is 0 Å². The lowest BCUT2D eigenvalue weighted by atomic mass is 9.79. The molecule has 0 bridgehead atoms. The van der Waals surface area contributed by atoms with Crippen LogP contribution in [0, 0.1) is 11.8 Å². The Morgan fingerprint density at radius 1 is 1.24 bits per heavy atom. The number of carbonyl (C=O) groups is 5. The lowest BCUT2D eigenvalue weighted by Gasteiger charge is -2.33. The second-order valence-corrected chi connectivity index (χ2v) is 9.09. The summed E-state index contributed by atoms with van der Waals surface area (Å²) in [6, 6.07) is 0.822. The number of aryl methyl sites for hydroxylation is 1. The van der Waals surface area contributed by atoms with E-state index in [1.165, 1.54) is 14.0 Å². The van der Waals surface area contributed by atoms with Crippen molar-refractivity contribution in [3.05, 3.63) is 23.5 Å². The quantitative estimate of drug-likeness (QED) is 0.492. The predicted molar refractivity (Wildman–Crippen MR) is 118 cm³/mol. The highest BCUT2D eigenvalue weighted by Crippen LogP contribution is 2.38. The molecule has 2 heterocycles. The Balaban J connectivity index is 1.81. The van der Waals surface area contributed by atoms with E-state index in [1.807, 2.05) is 30.7 Å². The molecule has 2 unspecified atom stereocenters. The van der Waals surface area contributed by atoms with Gasteiger partial charge in [0.1, 0.15) is 18.4 Å². The van der Waals surface area contributed by atoms with Gasteiger partial charge in [0.15, 0.2) is 0 Å². The number of esters is 1. The second kappa shape index (κ2) is 10.2. The molecule has 0 aromatic carbocycles. The van der Waals surface area contributed by atoms with E-state index >= 15 is 0 Å². The molecule has 0 saturated carbocycles. The SMILES string of the molecule is COC(=O)CNC(=O)[C@H]1CC(=O)C2c3c(ccn3C1)CC[C@@H]2NC(=O)C(NC(C)=O)C(C)C. The van der Waals surface area contributed by atoms with Gasteiger partial charge >= 0.3 is 5.97 Å². The number of hydrogen-bond donors (Lipinski definition) is 3. The molecule has 0 saturated heterocycles. The number of ether oxygens (including phenoxy) is 1. The summed E-state index contributed by atoms with van der Waals surface area (Å²) in [5, 5.41) is 8.22.